The van der Waals surface area contributed by atoms with E-state index >= 15 is 0 Å². The van der Waals surface area contributed by atoms with E-state index in [1.807, 2.05) is 20.8 Å². The Morgan fingerprint density at radius 2 is 1.79 bits per heavy atom. The summed E-state index contributed by atoms with van der Waals surface area (Å²) in [5.41, 5.74) is 0.649. The Labute approximate surface area is 84.6 Å². The van der Waals surface area contributed by atoms with Gasteiger partial charge in [0.05, 0.1) is 6.10 Å². The van der Waals surface area contributed by atoms with E-state index in [4.69, 9.17) is 0 Å². The maximum absolute atomic E-state index is 12.7. The fraction of sp³-hybridized carbons (Fsp3) is 0.500. The van der Waals surface area contributed by atoms with Crippen molar-refractivity contribution in [2.24, 2.45) is 0 Å². The van der Waals surface area contributed by atoms with Crippen molar-refractivity contribution >= 4 is 0 Å². The first-order chi connectivity index (χ1) is 6.48. The van der Waals surface area contributed by atoms with Crippen LogP contribution in [0.5, 0.6) is 0 Å². The molecule has 0 amide bonds. The standard InChI is InChI=1S/C12H17FO/c1-4-11(14)12(2,3)9-5-7-10(13)8-6-9/h5-8,11,14H,4H2,1-3H3. The van der Waals surface area contributed by atoms with E-state index in [9.17, 15) is 9.50 Å². The number of benzene rings is 1. The molecule has 1 aromatic rings. The van der Waals surface area contributed by atoms with Crippen LogP contribution >= 0.6 is 0 Å². The lowest BCUT2D eigenvalue weighted by molar-refractivity contribution is 0.0960. The monoisotopic (exact) mass is 196 g/mol. The summed E-state index contributed by atoms with van der Waals surface area (Å²) in [4.78, 5) is 0. The minimum absolute atomic E-state index is 0.240. The Morgan fingerprint density at radius 3 is 2.21 bits per heavy atom. The van der Waals surface area contributed by atoms with E-state index in [1.165, 1.54) is 12.1 Å². The molecule has 0 radical (unpaired) electrons. The zero-order valence-corrected chi connectivity index (χ0v) is 8.92. The molecule has 14 heavy (non-hydrogen) atoms. The van der Waals surface area contributed by atoms with Gasteiger partial charge < -0.3 is 5.11 Å². The Hall–Kier alpha value is -0.890. The normalized spacial score (nSPS) is 14.1. The van der Waals surface area contributed by atoms with Crippen LogP contribution in [0.1, 0.15) is 32.8 Å². The molecule has 0 aliphatic heterocycles. The lowest BCUT2D eigenvalue weighted by atomic mass is 9.78. The van der Waals surface area contributed by atoms with Gasteiger partial charge in [-0.2, -0.15) is 0 Å². The topological polar surface area (TPSA) is 20.2 Å². The Kier molecular flexibility index (Phi) is 3.27. The number of hydrogen-bond donors (Lipinski definition) is 1. The van der Waals surface area contributed by atoms with Crippen molar-refractivity contribution in [1.82, 2.24) is 0 Å². The van der Waals surface area contributed by atoms with Crippen molar-refractivity contribution in [3.05, 3.63) is 35.6 Å². The van der Waals surface area contributed by atoms with E-state index in [1.54, 1.807) is 12.1 Å². The van der Waals surface area contributed by atoms with Gasteiger partial charge in [-0.15, -0.1) is 0 Å². The van der Waals surface area contributed by atoms with Crippen LogP contribution in [0.25, 0.3) is 0 Å². The highest BCUT2D eigenvalue weighted by atomic mass is 19.1. The molecule has 1 unspecified atom stereocenters. The van der Waals surface area contributed by atoms with Crippen molar-refractivity contribution in [1.29, 1.82) is 0 Å². The van der Waals surface area contributed by atoms with Crippen LogP contribution in [0.3, 0.4) is 0 Å². The van der Waals surface area contributed by atoms with Crippen LogP contribution in [-0.4, -0.2) is 11.2 Å². The molecule has 0 aromatic heterocycles. The first-order valence-electron chi connectivity index (χ1n) is 4.92. The second-order valence-electron chi connectivity index (χ2n) is 4.15. The van der Waals surface area contributed by atoms with Crippen LogP contribution in [0.15, 0.2) is 24.3 Å². The molecule has 0 fully saturated rings. The highest BCUT2D eigenvalue weighted by Gasteiger charge is 2.28. The van der Waals surface area contributed by atoms with Gasteiger partial charge in [-0.3, -0.25) is 0 Å². The summed E-state index contributed by atoms with van der Waals surface area (Å²) in [7, 11) is 0. The predicted octanol–water partition coefficient (Wildman–Crippen LogP) is 2.87. The van der Waals surface area contributed by atoms with Gasteiger partial charge >= 0.3 is 0 Å². The zero-order valence-electron chi connectivity index (χ0n) is 8.92. The van der Waals surface area contributed by atoms with Crippen molar-refractivity contribution < 1.29 is 9.50 Å². The Balaban J connectivity index is 2.97. The summed E-state index contributed by atoms with van der Waals surface area (Å²) in [5.74, 6) is -0.240. The fourth-order valence-corrected chi connectivity index (χ4v) is 1.58. The van der Waals surface area contributed by atoms with Gasteiger partial charge in [-0.25, -0.2) is 4.39 Å². The number of hydrogen-bond acceptors (Lipinski definition) is 1. The van der Waals surface area contributed by atoms with Gasteiger partial charge in [0.25, 0.3) is 0 Å². The van der Waals surface area contributed by atoms with Crippen LogP contribution in [-0.2, 0) is 5.41 Å². The number of aliphatic hydroxyl groups excluding tert-OH is 1. The average molecular weight is 196 g/mol. The summed E-state index contributed by atoms with van der Waals surface area (Å²) < 4.78 is 12.7. The lowest BCUT2D eigenvalue weighted by Gasteiger charge is -2.30. The van der Waals surface area contributed by atoms with Gasteiger partial charge in [-0.1, -0.05) is 32.9 Å². The fourth-order valence-electron chi connectivity index (χ4n) is 1.58. The smallest absolute Gasteiger partial charge is 0.123 e. The third-order valence-corrected chi connectivity index (χ3v) is 2.81. The summed E-state index contributed by atoms with van der Waals surface area (Å²) >= 11 is 0. The molecule has 0 heterocycles. The van der Waals surface area contributed by atoms with Crippen molar-refractivity contribution in [2.45, 2.75) is 38.7 Å². The minimum Gasteiger partial charge on any atom is -0.392 e. The molecule has 1 aromatic carbocycles. The first kappa shape index (κ1) is 11.2. The molecule has 1 N–H and O–H groups in total. The highest BCUT2D eigenvalue weighted by Crippen LogP contribution is 2.28. The largest absolute Gasteiger partial charge is 0.392 e. The van der Waals surface area contributed by atoms with Gasteiger partial charge in [0.2, 0.25) is 0 Å². The van der Waals surface area contributed by atoms with Crippen LogP contribution < -0.4 is 0 Å². The summed E-state index contributed by atoms with van der Waals surface area (Å²) in [5, 5.41) is 9.81. The molecular weight excluding hydrogens is 179 g/mol. The second-order valence-corrected chi connectivity index (χ2v) is 4.15. The summed E-state index contributed by atoms with van der Waals surface area (Å²) in [6.45, 7) is 5.87. The molecule has 78 valence electrons. The van der Waals surface area contributed by atoms with E-state index in [-0.39, 0.29) is 11.2 Å². The van der Waals surface area contributed by atoms with Crippen LogP contribution in [0.4, 0.5) is 4.39 Å². The van der Waals surface area contributed by atoms with Crippen molar-refractivity contribution in [3.8, 4) is 0 Å². The second kappa shape index (κ2) is 4.09. The van der Waals surface area contributed by atoms with Gasteiger partial charge in [0.15, 0.2) is 0 Å². The summed E-state index contributed by atoms with van der Waals surface area (Å²) in [6, 6.07) is 6.32. The SMILES string of the molecule is CCC(O)C(C)(C)c1ccc(F)cc1. The van der Waals surface area contributed by atoms with Crippen LogP contribution in [0.2, 0.25) is 0 Å². The van der Waals surface area contributed by atoms with Crippen molar-refractivity contribution in [2.75, 3.05) is 0 Å². The minimum atomic E-state index is -0.395. The number of aliphatic hydroxyl groups is 1. The maximum Gasteiger partial charge on any atom is 0.123 e. The third kappa shape index (κ3) is 2.13. The number of halogens is 1. The molecular formula is C12H17FO. The van der Waals surface area contributed by atoms with Gasteiger partial charge in [0.1, 0.15) is 5.82 Å². The van der Waals surface area contributed by atoms with Gasteiger partial charge in [0, 0.05) is 5.41 Å². The number of rotatable bonds is 3. The Morgan fingerprint density at radius 1 is 1.29 bits per heavy atom. The molecule has 2 heteroatoms. The quantitative estimate of drug-likeness (QED) is 0.788. The molecule has 0 spiro atoms. The molecule has 1 rings (SSSR count). The van der Waals surface area contributed by atoms with E-state index in [0.29, 0.717) is 6.42 Å². The first-order valence-corrected chi connectivity index (χ1v) is 4.92. The van der Waals surface area contributed by atoms with E-state index in [0.717, 1.165) is 5.56 Å². The van der Waals surface area contributed by atoms with Crippen LogP contribution in [0, 0.1) is 5.82 Å². The molecule has 0 saturated heterocycles. The average Bonchev–Trinajstić information content (AvgIpc) is 2.17. The van der Waals surface area contributed by atoms with Crippen molar-refractivity contribution in [3.63, 3.8) is 0 Å². The summed E-state index contributed by atoms with van der Waals surface area (Å²) in [6.07, 6.45) is 0.303. The van der Waals surface area contributed by atoms with Gasteiger partial charge in [-0.05, 0) is 24.1 Å². The molecule has 1 nitrogen and oxygen atoms in total. The van der Waals surface area contributed by atoms with E-state index in [2.05, 4.69) is 0 Å². The zero-order chi connectivity index (χ0) is 10.8. The highest BCUT2D eigenvalue weighted by molar-refractivity contribution is 5.25. The predicted molar refractivity (Wildman–Crippen MR) is 55.7 cm³/mol. The maximum atomic E-state index is 12.7. The third-order valence-electron chi connectivity index (χ3n) is 2.81. The van der Waals surface area contributed by atoms with E-state index < -0.39 is 6.10 Å². The molecule has 0 aliphatic rings. The Bertz CT molecular complexity index is 290. The molecule has 0 saturated carbocycles. The molecule has 1 atom stereocenters. The molecule has 0 aliphatic carbocycles. The lowest BCUT2D eigenvalue weighted by Crippen LogP contribution is -2.32. The molecule has 0 bridgehead atoms.